The fourth-order valence-corrected chi connectivity index (χ4v) is 6.14. The number of esters is 1. The van der Waals surface area contributed by atoms with Gasteiger partial charge in [0, 0.05) is 58.8 Å². The zero-order valence-electron chi connectivity index (χ0n) is 26.4. The molecule has 0 aromatic heterocycles. The number of carbonyl (C=O) groups excluding carboxylic acids is 4. The van der Waals surface area contributed by atoms with Crippen LogP contribution in [-0.4, -0.2) is 84.0 Å². The molecule has 1 aliphatic rings. The quantitative estimate of drug-likeness (QED) is 0.235. The van der Waals surface area contributed by atoms with Crippen molar-refractivity contribution in [3.63, 3.8) is 0 Å². The summed E-state index contributed by atoms with van der Waals surface area (Å²) in [6.07, 6.45) is 0.0669. The van der Waals surface area contributed by atoms with Crippen LogP contribution in [0.1, 0.15) is 55.1 Å². The monoisotopic (exact) mass is 614 g/mol. The minimum absolute atomic E-state index is 0.00974. The fourth-order valence-electron chi connectivity index (χ4n) is 6.14. The highest BCUT2D eigenvalue weighted by Gasteiger charge is 2.45. The van der Waals surface area contributed by atoms with Gasteiger partial charge in [-0.25, -0.2) is 0 Å². The highest BCUT2D eigenvalue weighted by atomic mass is 16.5. The van der Waals surface area contributed by atoms with Crippen LogP contribution in [0.2, 0.25) is 0 Å². The number of aliphatic hydroxyl groups excluding tert-OH is 1. The lowest BCUT2D eigenvalue weighted by molar-refractivity contribution is -0.134. The van der Waals surface area contributed by atoms with Gasteiger partial charge in [0.25, 0.3) is 5.91 Å². The Morgan fingerprint density at radius 1 is 0.978 bits per heavy atom. The molecule has 0 aliphatic carbocycles. The van der Waals surface area contributed by atoms with Crippen LogP contribution in [0.15, 0.2) is 78.9 Å². The highest BCUT2D eigenvalue weighted by molar-refractivity contribution is 5.99. The highest BCUT2D eigenvalue weighted by Crippen LogP contribution is 2.40. The molecule has 3 atom stereocenters. The number of benzene rings is 3. The molecular formula is C35H42N4O6. The molecule has 10 nitrogen and oxygen atoms in total. The van der Waals surface area contributed by atoms with Crippen LogP contribution >= 0.6 is 0 Å². The molecule has 3 N–H and O–H groups in total. The van der Waals surface area contributed by atoms with Crippen LogP contribution in [0.4, 0.5) is 5.69 Å². The van der Waals surface area contributed by atoms with Crippen molar-refractivity contribution in [2.45, 2.75) is 57.2 Å². The third-order valence-corrected chi connectivity index (χ3v) is 8.26. The molecule has 3 unspecified atom stereocenters. The number of hydrogen-bond donors (Lipinski definition) is 3. The molecule has 1 aliphatic heterocycles. The van der Waals surface area contributed by atoms with Gasteiger partial charge < -0.3 is 25.4 Å². The number of hydrogen-bond acceptors (Lipinski definition) is 7. The number of amides is 3. The lowest BCUT2D eigenvalue weighted by atomic mass is 9.69. The number of likely N-dealkylation sites (tertiary alicyclic amines) is 1. The van der Waals surface area contributed by atoms with Crippen LogP contribution in [0.3, 0.4) is 0 Å². The number of piperidine rings is 1. The second-order valence-corrected chi connectivity index (χ2v) is 11.8. The number of nitrogens with zero attached hydrogens (tertiary/aromatic N) is 2. The Labute approximate surface area is 264 Å². The van der Waals surface area contributed by atoms with Gasteiger partial charge in [-0.1, -0.05) is 60.7 Å². The second-order valence-electron chi connectivity index (χ2n) is 11.8. The molecule has 45 heavy (non-hydrogen) atoms. The lowest BCUT2D eigenvalue weighted by Gasteiger charge is -2.44. The van der Waals surface area contributed by atoms with Gasteiger partial charge in [-0.05, 0) is 43.0 Å². The predicted molar refractivity (Wildman–Crippen MR) is 172 cm³/mol. The molecule has 0 saturated carbocycles. The van der Waals surface area contributed by atoms with Crippen molar-refractivity contribution in [2.24, 2.45) is 0 Å². The van der Waals surface area contributed by atoms with Gasteiger partial charge in [-0.2, -0.15) is 0 Å². The maximum atomic E-state index is 14.1. The maximum Gasteiger partial charge on any atom is 0.308 e. The van der Waals surface area contributed by atoms with E-state index in [1.165, 1.54) is 26.0 Å². The normalized spacial score (nSPS) is 17.6. The molecule has 4 rings (SSSR count). The first-order chi connectivity index (χ1) is 21.4. The average molecular weight is 615 g/mol. The number of rotatable bonds is 10. The van der Waals surface area contributed by atoms with Crippen molar-refractivity contribution in [1.29, 1.82) is 0 Å². The van der Waals surface area contributed by atoms with Crippen molar-refractivity contribution < 1.29 is 29.0 Å². The Hall–Kier alpha value is -4.54. The van der Waals surface area contributed by atoms with E-state index in [0.29, 0.717) is 31.6 Å². The summed E-state index contributed by atoms with van der Waals surface area (Å²) < 4.78 is 5.26. The van der Waals surface area contributed by atoms with Gasteiger partial charge in [0.05, 0.1) is 17.7 Å². The standard InChI is InChI=1S/C35H42N4O6/c1-23(21-35(34(44)38(4)5,26-12-8-6-9-13-26)27-14-10-7-11-15-27)39-19-18-30(31(42)22-39)37-33(43)29-17-16-28(36-24(2)40)20-32(29)45-25(3)41/h6-17,20,23,30-31,42H,18-19,21-22H2,1-5H3,(H,36,40)(H,37,43). The van der Waals surface area contributed by atoms with Crippen molar-refractivity contribution >= 4 is 29.4 Å². The Balaban J connectivity index is 1.52. The summed E-state index contributed by atoms with van der Waals surface area (Å²) >= 11 is 0. The number of ether oxygens (including phenoxy) is 1. The number of nitrogens with one attached hydrogen (secondary N) is 2. The first-order valence-corrected chi connectivity index (χ1v) is 15.1. The van der Waals surface area contributed by atoms with E-state index in [1.807, 2.05) is 60.7 Å². The Morgan fingerprint density at radius 3 is 2.09 bits per heavy atom. The zero-order chi connectivity index (χ0) is 32.7. The molecule has 0 bridgehead atoms. The SMILES string of the molecule is CC(=O)Nc1ccc(C(=O)NC2CCN(C(C)CC(C(=O)N(C)C)(c3ccccc3)c3ccccc3)CC2O)c(OC(C)=O)c1. The molecule has 1 saturated heterocycles. The number of β-amino-alcohol motifs (C(OH)–C–C–N with tert-alkyl or cyclic N) is 1. The summed E-state index contributed by atoms with van der Waals surface area (Å²) in [5.74, 6) is -1.44. The van der Waals surface area contributed by atoms with Crippen LogP contribution < -0.4 is 15.4 Å². The van der Waals surface area contributed by atoms with Crippen LogP contribution in [0.5, 0.6) is 5.75 Å². The largest absolute Gasteiger partial charge is 0.426 e. The van der Waals surface area contributed by atoms with E-state index >= 15 is 0 Å². The van der Waals surface area contributed by atoms with E-state index in [4.69, 9.17) is 4.74 Å². The second kappa shape index (κ2) is 14.5. The van der Waals surface area contributed by atoms with Gasteiger partial charge in [0.2, 0.25) is 11.8 Å². The minimum Gasteiger partial charge on any atom is -0.426 e. The van der Waals surface area contributed by atoms with Gasteiger partial charge in [-0.3, -0.25) is 24.1 Å². The predicted octanol–water partition coefficient (Wildman–Crippen LogP) is 3.59. The summed E-state index contributed by atoms with van der Waals surface area (Å²) in [7, 11) is 3.54. The van der Waals surface area contributed by atoms with E-state index in [0.717, 1.165) is 11.1 Å². The third kappa shape index (κ3) is 7.76. The number of likely N-dealkylation sites (N-methyl/N-ethyl adjacent to an activating group) is 1. The van der Waals surface area contributed by atoms with E-state index in [1.54, 1.807) is 25.1 Å². The van der Waals surface area contributed by atoms with E-state index < -0.39 is 29.4 Å². The van der Waals surface area contributed by atoms with Crippen LogP contribution in [0.25, 0.3) is 0 Å². The lowest BCUT2D eigenvalue weighted by Crippen LogP contribution is -2.57. The first kappa shape index (κ1) is 33.4. The number of anilines is 1. The molecular weight excluding hydrogens is 572 g/mol. The molecule has 0 radical (unpaired) electrons. The van der Waals surface area contributed by atoms with E-state index in [9.17, 15) is 24.3 Å². The van der Waals surface area contributed by atoms with Crippen molar-refractivity contribution in [2.75, 3.05) is 32.5 Å². The van der Waals surface area contributed by atoms with Crippen molar-refractivity contribution in [3.8, 4) is 5.75 Å². The average Bonchev–Trinajstić information content (AvgIpc) is 3.00. The van der Waals surface area contributed by atoms with Crippen molar-refractivity contribution in [3.05, 3.63) is 95.6 Å². The summed E-state index contributed by atoms with van der Waals surface area (Å²) in [5, 5.41) is 16.7. The summed E-state index contributed by atoms with van der Waals surface area (Å²) in [6.45, 7) is 5.52. The van der Waals surface area contributed by atoms with Gasteiger partial charge >= 0.3 is 5.97 Å². The van der Waals surface area contributed by atoms with Gasteiger partial charge in [0.1, 0.15) is 11.2 Å². The molecule has 1 heterocycles. The molecule has 3 aromatic rings. The summed E-state index contributed by atoms with van der Waals surface area (Å²) in [4.78, 5) is 54.4. The maximum absolute atomic E-state index is 14.1. The zero-order valence-corrected chi connectivity index (χ0v) is 26.4. The number of aliphatic hydroxyl groups is 1. The molecule has 10 heteroatoms. The number of carbonyl (C=O) groups is 4. The Kier molecular flexibility index (Phi) is 10.7. The summed E-state index contributed by atoms with van der Waals surface area (Å²) in [6, 6.07) is 23.4. The Bertz CT molecular complexity index is 1470. The molecule has 3 aromatic carbocycles. The van der Waals surface area contributed by atoms with E-state index in [2.05, 4.69) is 22.5 Å². The molecule has 238 valence electrons. The first-order valence-electron chi connectivity index (χ1n) is 15.1. The van der Waals surface area contributed by atoms with E-state index in [-0.39, 0.29) is 29.2 Å². The van der Waals surface area contributed by atoms with Gasteiger partial charge in [-0.15, -0.1) is 0 Å². The van der Waals surface area contributed by atoms with Gasteiger partial charge in [0.15, 0.2) is 0 Å². The third-order valence-electron chi connectivity index (χ3n) is 8.26. The topological polar surface area (TPSA) is 128 Å². The molecule has 3 amide bonds. The molecule has 1 fully saturated rings. The molecule has 0 spiro atoms. The fraction of sp³-hybridized carbons (Fsp3) is 0.371. The minimum atomic E-state index is -0.946. The van der Waals surface area contributed by atoms with Crippen LogP contribution in [-0.2, 0) is 19.8 Å². The smallest absolute Gasteiger partial charge is 0.308 e. The van der Waals surface area contributed by atoms with Crippen LogP contribution in [0, 0.1) is 0 Å². The summed E-state index contributed by atoms with van der Waals surface area (Å²) in [5.41, 5.74) is 1.35. The Morgan fingerprint density at radius 2 is 1.58 bits per heavy atom. The van der Waals surface area contributed by atoms with Crippen molar-refractivity contribution in [1.82, 2.24) is 15.1 Å².